The van der Waals surface area contributed by atoms with E-state index in [9.17, 15) is 27.6 Å². The number of para-hydroxylation sites is 1. The highest BCUT2D eigenvalue weighted by atomic mass is 19.2. The summed E-state index contributed by atoms with van der Waals surface area (Å²) in [7, 11) is 1.37. The number of hydrogen-bond donors (Lipinski definition) is 2. The maximum Gasteiger partial charge on any atom is 0.302 e. The molecule has 1 saturated heterocycles. The molecule has 0 saturated carbocycles. The maximum atomic E-state index is 14.2. The van der Waals surface area contributed by atoms with Crippen LogP contribution in [0.5, 0.6) is 0 Å². The van der Waals surface area contributed by atoms with Crippen LogP contribution < -0.4 is 5.32 Å². The number of halogens is 3. The third-order valence-corrected chi connectivity index (χ3v) is 7.47. The lowest BCUT2D eigenvalue weighted by atomic mass is 9.80. The molecule has 3 amide bonds. The molecule has 0 unspecified atom stereocenters. The number of carbonyl (C=O) groups excluding carboxylic acids is 3. The minimum atomic E-state index is -1.71. The highest BCUT2D eigenvalue weighted by Crippen LogP contribution is 2.47. The number of nitrogens with one attached hydrogen (secondary N) is 2. The van der Waals surface area contributed by atoms with Crippen molar-refractivity contribution >= 4 is 34.4 Å². The Morgan fingerprint density at radius 3 is 2.67 bits per heavy atom. The zero-order valence-corrected chi connectivity index (χ0v) is 21.4. The quantitative estimate of drug-likeness (QED) is 0.381. The second kappa shape index (κ2) is 9.41. The molecule has 0 aliphatic carbocycles. The number of fused-ring (bicyclic) bond motifs is 3. The molecule has 2 aliphatic heterocycles. The van der Waals surface area contributed by atoms with Crippen LogP contribution in [0.2, 0.25) is 0 Å². The number of likely N-dealkylation sites (N-methyl/N-ethyl adjacent to an activating group) is 1. The SMILES string of the molecule is [C-]#[N+][C@@H]1C[C@@]2(CN1C(=O)[C@H](CC(C)C)N(C)C(=O)c1nc3c(F)c(F)c(F)cc3[nH]1)C(=O)Nc1ccccc12. The average Bonchev–Trinajstić information content (AvgIpc) is 3.59. The molecular weight excluding hydrogens is 513 g/mol. The molecule has 2 aliphatic rings. The number of benzene rings is 2. The second-order valence-corrected chi connectivity index (χ2v) is 10.4. The minimum absolute atomic E-state index is 0.0350. The number of carbonyl (C=O) groups is 3. The van der Waals surface area contributed by atoms with Crippen LogP contribution in [0.4, 0.5) is 18.9 Å². The topological polar surface area (TPSA) is 103 Å². The molecule has 202 valence electrons. The van der Waals surface area contributed by atoms with Crippen LogP contribution in [0.25, 0.3) is 15.9 Å². The number of hydrogen-bond acceptors (Lipinski definition) is 4. The van der Waals surface area contributed by atoms with Gasteiger partial charge in [0.1, 0.15) is 17.0 Å². The molecule has 0 radical (unpaired) electrons. The summed E-state index contributed by atoms with van der Waals surface area (Å²) in [4.78, 5) is 52.9. The molecule has 39 heavy (non-hydrogen) atoms. The Balaban J connectivity index is 1.47. The second-order valence-electron chi connectivity index (χ2n) is 10.4. The lowest BCUT2D eigenvalue weighted by Gasteiger charge is -2.31. The molecule has 5 rings (SSSR count). The number of nitrogens with zero attached hydrogens (tertiary/aromatic N) is 4. The Bertz CT molecular complexity index is 1560. The number of aromatic nitrogens is 2. The van der Waals surface area contributed by atoms with Crippen molar-refractivity contribution < 1.29 is 27.6 Å². The molecule has 2 N–H and O–H groups in total. The highest BCUT2D eigenvalue weighted by Gasteiger charge is 2.59. The molecule has 12 heteroatoms. The van der Waals surface area contributed by atoms with Crippen LogP contribution in [0, 0.1) is 29.9 Å². The van der Waals surface area contributed by atoms with E-state index < -0.39 is 58.2 Å². The fourth-order valence-electron chi connectivity index (χ4n) is 5.49. The van der Waals surface area contributed by atoms with Crippen molar-refractivity contribution in [3.05, 3.63) is 70.6 Å². The fraction of sp³-hybridized carbons (Fsp3) is 0.370. The predicted molar refractivity (Wildman–Crippen MR) is 135 cm³/mol. The summed E-state index contributed by atoms with van der Waals surface area (Å²) in [6, 6.07) is 6.79. The van der Waals surface area contributed by atoms with E-state index in [-0.39, 0.29) is 36.7 Å². The van der Waals surface area contributed by atoms with Gasteiger partial charge in [-0.25, -0.2) is 24.7 Å². The Hall–Kier alpha value is -4.40. The van der Waals surface area contributed by atoms with Crippen molar-refractivity contribution in [1.29, 1.82) is 0 Å². The minimum Gasteiger partial charge on any atom is -0.334 e. The van der Waals surface area contributed by atoms with Crippen molar-refractivity contribution in [2.24, 2.45) is 5.92 Å². The van der Waals surface area contributed by atoms with E-state index in [0.717, 1.165) is 4.90 Å². The first-order valence-corrected chi connectivity index (χ1v) is 12.4. The van der Waals surface area contributed by atoms with Crippen molar-refractivity contribution in [2.75, 3.05) is 18.9 Å². The number of aromatic amines is 1. The molecule has 3 heterocycles. The van der Waals surface area contributed by atoms with Crippen molar-refractivity contribution in [1.82, 2.24) is 19.8 Å². The maximum absolute atomic E-state index is 14.2. The van der Waals surface area contributed by atoms with E-state index in [2.05, 4.69) is 20.1 Å². The van der Waals surface area contributed by atoms with Gasteiger partial charge in [-0.15, -0.1) is 0 Å². The smallest absolute Gasteiger partial charge is 0.302 e. The lowest BCUT2D eigenvalue weighted by Crippen LogP contribution is -2.51. The van der Waals surface area contributed by atoms with Crippen LogP contribution in [0.1, 0.15) is 42.9 Å². The average molecular weight is 539 g/mol. The van der Waals surface area contributed by atoms with Gasteiger partial charge in [-0.1, -0.05) is 32.0 Å². The molecule has 3 atom stereocenters. The van der Waals surface area contributed by atoms with Gasteiger partial charge in [0.15, 0.2) is 23.3 Å². The summed E-state index contributed by atoms with van der Waals surface area (Å²) in [6.45, 7) is 11.4. The summed E-state index contributed by atoms with van der Waals surface area (Å²) >= 11 is 0. The summed E-state index contributed by atoms with van der Waals surface area (Å²) in [5.74, 6) is -6.74. The predicted octanol–water partition coefficient (Wildman–Crippen LogP) is 3.83. The largest absolute Gasteiger partial charge is 0.334 e. The van der Waals surface area contributed by atoms with Crippen LogP contribution in [-0.2, 0) is 15.0 Å². The third-order valence-electron chi connectivity index (χ3n) is 7.47. The summed E-state index contributed by atoms with van der Waals surface area (Å²) in [5.41, 5.74) is -0.492. The Kier molecular flexibility index (Phi) is 6.33. The van der Waals surface area contributed by atoms with Gasteiger partial charge >= 0.3 is 6.17 Å². The Morgan fingerprint density at radius 2 is 1.97 bits per heavy atom. The van der Waals surface area contributed by atoms with Crippen molar-refractivity contribution in [2.45, 2.75) is 44.3 Å². The summed E-state index contributed by atoms with van der Waals surface area (Å²) in [6.07, 6.45) is -0.605. The van der Waals surface area contributed by atoms with E-state index in [1.165, 1.54) is 11.9 Å². The van der Waals surface area contributed by atoms with Crippen LogP contribution >= 0.6 is 0 Å². The standard InChI is InChI=1S/C27H25F3N6O3/c1-13(2)9-18(35(4)25(38)23-32-17-10-15(28)20(29)21(30)22(17)34-23)24(37)36-12-27(11-19(36)31-3)14-7-5-6-8-16(14)33-26(27)39/h5-8,10,13,18-19H,9,11-12H2,1-2,4H3,(H,32,34)(H,33,39)/t18-,19-,27-/m0/s1. The first-order valence-electron chi connectivity index (χ1n) is 12.4. The number of H-pyrrole nitrogens is 1. The molecule has 1 spiro atoms. The zero-order valence-electron chi connectivity index (χ0n) is 21.4. The number of rotatable bonds is 5. The molecule has 9 nitrogen and oxygen atoms in total. The van der Waals surface area contributed by atoms with Crippen LogP contribution in [-0.4, -0.2) is 63.3 Å². The Morgan fingerprint density at radius 1 is 1.26 bits per heavy atom. The fourth-order valence-corrected chi connectivity index (χ4v) is 5.49. The molecule has 2 aromatic carbocycles. The summed E-state index contributed by atoms with van der Waals surface area (Å²) < 4.78 is 41.6. The van der Waals surface area contributed by atoms with Crippen molar-refractivity contribution in [3.63, 3.8) is 0 Å². The van der Waals surface area contributed by atoms with E-state index in [0.29, 0.717) is 17.3 Å². The number of amides is 3. The zero-order chi connectivity index (χ0) is 28.2. The molecule has 1 fully saturated rings. The number of imidazole rings is 1. The highest BCUT2D eigenvalue weighted by molar-refractivity contribution is 6.07. The molecule has 3 aromatic rings. The van der Waals surface area contributed by atoms with Crippen LogP contribution in [0.3, 0.4) is 0 Å². The van der Waals surface area contributed by atoms with Crippen LogP contribution in [0.15, 0.2) is 30.3 Å². The van der Waals surface area contributed by atoms with Gasteiger partial charge in [-0.2, -0.15) is 0 Å². The number of anilines is 1. The van der Waals surface area contributed by atoms with Crippen molar-refractivity contribution in [3.8, 4) is 0 Å². The van der Waals surface area contributed by atoms with E-state index >= 15 is 0 Å². The molecule has 0 bridgehead atoms. The van der Waals surface area contributed by atoms with E-state index in [4.69, 9.17) is 6.57 Å². The monoisotopic (exact) mass is 538 g/mol. The van der Waals surface area contributed by atoms with E-state index in [1.807, 2.05) is 13.8 Å². The lowest BCUT2D eigenvalue weighted by molar-refractivity contribution is -0.136. The molecular formula is C27H25F3N6O3. The normalized spacial score (nSPS) is 20.8. The first-order chi connectivity index (χ1) is 18.5. The van der Waals surface area contributed by atoms with Gasteiger partial charge in [0, 0.05) is 25.3 Å². The Labute approximate surface area is 221 Å². The number of likely N-dealkylation sites (tertiary alicyclic amines) is 1. The third kappa shape index (κ3) is 4.09. The van der Waals surface area contributed by atoms with Gasteiger partial charge in [0.05, 0.1) is 11.9 Å². The van der Waals surface area contributed by atoms with E-state index in [1.54, 1.807) is 24.3 Å². The van der Waals surface area contributed by atoms with Gasteiger partial charge in [0.25, 0.3) is 11.8 Å². The first kappa shape index (κ1) is 26.2. The van der Waals surface area contributed by atoms with Gasteiger partial charge in [-0.3, -0.25) is 24.1 Å². The van der Waals surface area contributed by atoms with Gasteiger partial charge in [0.2, 0.25) is 5.91 Å². The molecule has 1 aromatic heterocycles. The summed E-state index contributed by atoms with van der Waals surface area (Å²) in [5, 5.41) is 2.84. The van der Waals surface area contributed by atoms with Gasteiger partial charge in [-0.05, 0) is 24.0 Å². The van der Waals surface area contributed by atoms with Gasteiger partial charge < -0.3 is 15.2 Å².